The molecule has 0 radical (unpaired) electrons. The first-order valence-corrected chi connectivity index (χ1v) is 7.14. The summed E-state index contributed by atoms with van der Waals surface area (Å²) in [4.78, 5) is 4.77. The number of hydrogen-bond donors (Lipinski definition) is 0. The number of rotatable bonds is 3. The summed E-state index contributed by atoms with van der Waals surface area (Å²) in [7, 11) is 1.66. The van der Waals surface area contributed by atoms with Crippen molar-refractivity contribution in [2.24, 2.45) is 0 Å². The summed E-state index contributed by atoms with van der Waals surface area (Å²) in [5.74, 6) is 0.852. The molecule has 0 spiro atoms. The van der Waals surface area contributed by atoms with Gasteiger partial charge in [-0.3, -0.25) is 0 Å². The van der Waals surface area contributed by atoms with Crippen LogP contribution < -0.4 is 4.74 Å². The van der Waals surface area contributed by atoms with Gasteiger partial charge < -0.3 is 9.14 Å². The van der Waals surface area contributed by atoms with E-state index < -0.39 is 0 Å². The highest BCUT2D eigenvalue weighted by Gasteiger charge is 2.15. The molecule has 2 aromatic heterocycles. The molecule has 3 aromatic rings. The summed E-state index contributed by atoms with van der Waals surface area (Å²) in [5.41, 5.74) is 5.84. The fourth-order valence-corrected chi connectivity index (χ4v) is 2.75. The number of imidazole rings is 1. The number of fused-ring (bicyclic) bond motifs is 1. The van der Waals surface area contributed by atoms with Gasteiger partial charge in [0.25, 0.3) is 0 Å². The lowest BCUT2D eigenvalue weighted by molar-refractivity contribution is 0.412. The van der Waals surface area contributed by atoms with Crippen molar-refractivity contribution >= 4 is 5.65 Å². The van der Waals surface area contributed by atoms with Crippen LogP contribution in [0.3, 0.4) is 0 Å². The lowest BCUT2D eigenvalue weighted by Crippen LogP contribution is -1.94. The van der Waals surface area contributed by atoms with Crippen LogP contribution in [0.25, 0.3) is 16.9 Å². The van der Waals surface area contributed by atoms with Crippen molar-refractivity contribution in [3.8, 4) is 23.1 Å². The predicted molar refractivity (Wildman–Crippen MR) is 86.0 cm³/mol. The molecule has 0 aliphatic heterocycles. The number of benzene rings is 1. The maximum Gasteiger partial charge on any atom is 0.140 e. The number of aromatic nitrogens is 2. The van der Waals surface area contributed by atoms with Crippen LogP contribution in [0.15, 0.2) is 36.5 Å². The minimum absolute atomic E-state index is 0.324. The first-order valence-electron chi connectivity index (χ1n) is 7.14. The van der Waals surface area contributed by atoms with E-state index in [0.29, 0.717) is 6.42 Å². The Morgan fingerprint density at radius 1 is 1.23 bits per heavy atom. The van der Waals surface area contributed by atoms with Crippen LogP contribution in [0.4, 0.5) is 0 Å². The molecule has 0 aliphatic carbocycles. The third-order valence-corrected chi connectivity index (χ3v) is 3.86. The first-order chi connectivity index (χ1) is 10.7. The lowest BCUT2D eigenvalue weighted by Gasteiger charge is -2.07. The molecule has 0 aliphatic rings. The van der Waals surface area contributed by atoms with Gasteiger partial charge >= 0.3 is 0 Å². The Kier molecular flexibility index (Phi) is 3.56. The van der Waals surface area contributed by atoms with Gasteiger partial charge in [0.2, 0.25) is 0 Å². The summed E-state index contributed by atoms with van der Waals surface area (Å²) < 4.78 is 7.32. The smallest absolute Gasteiger partial charge is 0.140 e. The van der Waals surface area contributed by atoms with Crippen molar-refractivity contribution in [3.63, 3.8) is 0 Å². The zero-order valence-electron chi connectivity index (χ0n) is 12.9. The van der Waals surface area contributed by atoms with Crippen LogP contribution in [0.1, 0.15) is 16.8 Å². The molecule has 0 fully saturated rings. The second-order valence-corrected chi connectivity index (χ2v) is 5.31. The molecular formula is C18H17N3O. The summed E-state index contributed by atoms with van der Waals surface area (Å²) in [5, 5.41) is 9.16. The number of aryl methyl sites for hydroxylation is 2. The van der Waals surface area contributed by atoms with Gasteiger partial charge in [-0.25, -0.2) is 4.98 Å². The SMILES string of the molecule is COc1ccc(-c2nc3c(C)cccn3c2CC#N)cc1C. The predicted octanol–water partition coefficient (Wildman–Crippen LogP) is 3.69. The molecule has 0 N–H and O–H groups in total. The number of ether oxygens (including phenoxy) is 1. The van der Waals surface area contributed by atoms with E-state index in [-0.39, 0.29) is 0 Å². The molecule has 22 heavy (non-hydrogen) atoms. The van der Waals surface area contributed by atoms with Crippen molar-refractivity contribution in [3.05, 3.63) is 53.3 Å². The Balaban J connectivity index is 2.26. The Bertz CT molecular complexity index is 887. The van der Waals surface area contributed by atoms with Crippen LogP contribution >= 0.6 is 0 Å². The van der Waals surface area contributed by atoms with Crippen LogP contribution in [-0.4, -0.2) is 16.5 Å². The van der Waals surface area contributed by atoms with E-state index in [1.165, 1.54) is 0 Å². The van der Waals surface area contributed by atoms with Gasteiger partial charge in [0, 0.05) is 11.8 Å². The third kappa shape index (κ3) is 2.21. The molecule has 3 rings (SSSR count). The molecule has 0 amide bonds. The van der Waals surface area contributed by atoms with Gasteiger partial charge in [0.05, 0.1) is 31.0 Å². The van der Waals surface area contributed by atoms with Crippen molar-refractivity contribution in [1.29, 1.82) is 5.26 Å². The number of hydrogen-bond acceptors (Lipinski definition) is 3. The fourth-order valence-electron chi connectivity index (χ4n) is 2.75. The van der Waals surface area contributed by atoms with E-state index in [1.807, 2.05) is 48.7 Å². The molecule has 0 saturated heterocycles. The van der Waals surface area contributed by atoms with Gasteiger partial charge in [0.15, 0.2) is 0 Å². The van der Waals surface area contributed by atoms with Gasteiger partial charge in [-0.05, 0) is 49.2 Å². The fraction of sp³-hybridized carbons (Fsp3) is 0.222. The van der Waals surface area contributed by atoms with Gasteiger partial charge in [-0.15, -0.1) is 0 Å². The Morgan fingerprint density at radius 2 is 2.05 bits per heavy atom. The summed E-state index contributed by atoms with van der Waals surface area (Å²) >= 11 is 0. The normalized spacial score (nSPS) is 10.6. The zero-order valence-corrected chi connectivity index (χ0v) is 12.9. The number of methoxy groups -OCH3 is 1. The van der Waals surface area contributed by atoms with Crippen LogP contribution in [0.2, 0.25) is 0 Å². The summed E-state index contributed by atoms with van der Waals surface area (Å²) in [6, 6.07) is 12.2. The molecule has 0 atom stereocenters. The standard InChI is InChI=1S/C18H17N3O/c1-12-5-4-10-21-15(8-9-19)17(20-18(12)21)14-6-7-16(22-3)13(2)11-14/h4-7,10-11H,8H2,1-3H3. The van der Waals surface area contributed by atoms with Crippen molar-refractivity contribution in [2.75, 3.05) is 7.11 Å². The maximum absolute atomic E-state index is 9.16. The highest BCUT2D eigenvalue weighted by atomic mass is 16.5. The van der Waals surface area contributed by atoms with E-state index >= 15 is 0 Å². The molecule has 0 bridgehead atoms. The molecule has 4 nitrogen and oxygen atoms in total. The maximum atomic E-state index is 9.16. The van der Waals surface area contributed by atoms with Crippen molar-refractivity contribution in [1.82, 2.24) is 9.38 Å². The van der Waals surface area contributed by atoms with E-state index in [4.69, 9.17) is 15.0 Å². The summed E-state index contributed by atoms with van der Waals surface area (Å²) in [6.07, 6.45) is 2.28. The minimum Gasteiger partial charge on any atom is -0.496 e. The second kappa shape index (κ2) is 5.53. The number of nitrogens with zero attached hydrogens (tertiary/aromatic N) is 3. The van der Waals surface area contributed by atoms with E-state index in [0.717, 1.165) is 39.5 Å². The van der Waals surface area contributed by atoms with E-state index in [9.17, 15) is 0 Å². The van der Waals surface area contributed by atoms with E-state index in [1.54, 1.807) is 7.11 Å². The highest BCUT2D eigenvalue weighted by molar-refractivity contribution is 5.69. The molecule has 1 aromatic carbocycles. The van der Waals surface area contributed by atoms with Crippen LogP contribution in [-0.2, 0) is 6.42 Å². The van der Waals surface area contributed by atoms with E-state index in [2.05, 4.69) is 12.1 Å². The van der Waals surface area contributed by atoms with Crippen LogP contribution in [0, 0.1) is 25.2 Å². The molecule has 2 heterocycles. The van der Waals surface area contributed by atoms with Crippen molar-refractivity contribution < 1.29 is 4.74 Å². The lowest BCUT2D eigenvalue weighted by atomic mass is 10.1. The summed E-state index contributed by atoms with van der Waals surface area (Å²) in [6.45, 7) is 4.04. The molecule has 4 heteroatoms. The molecule has 0 unspecified atom stereocenters. The van der Waals surface area contributed by atoms with Gasteiger partial charge in [0.1, 0.15) is 11.4 Å². The van der Waals surface area contributed by atoms with Gasteiger partial charge in [-0.1, -0.05) is 6.07 Å². The molecule has 110 valence electrons. The highest BCUT2D eigenvalue weighted by Crippen LogP contribution is 2.29. The number of pyridine rings is 1. The quantitative estimate of drug-likeness (QED) is 0.739. The average molecular weight is 291 g/mol. The first kappa shape index (κ1) is 14.2. The minimum atomic E-state index is 0.324. The number of nitriles is 1. The Hall–Kier alpha value is -2.80. The average Bonchev–Trinajstić information content (AvgIpc) is 2.88. The molecule has 0 saturated carbocycles. The third-order valence-electron chi connectivity index (χ3n) is 3.86. The van der Waals surface area contributed by atoms with Crippen LogP contribution in [0.5, 0.6) is 5.75 Å². The zero-order chi connectivity index (χ0) is 15.7. The monoisotopic (exact) mass is 291 g/mol. The largest absolute Gasteiger partial charge is 0.496 e. The Morgan fingerprint density at radius 3 is 2.73 bits per heavy atom. The molecular weight excluding hydrogens is 274 g/mol. The topological polar surface area (TPSA) is 50.3 Å². The Labute approximate surface area is 129 Å². The van der Waals surface area contributed by atoms with Crippen molar-refractivity contribution in [2.45, 2.75) is 20.3 Å². The second-order valence-electron chi connectivity index (χ2n) is 5.31. The van der Waals surface area contributed by atoms with Gasteiger partial charge in [-0.2, -0.15) is 5.26 Å².